The summed E-state index contributed by atoms with van der Waals surface area (Å²) in [5.74, 6) is -0.209. The van der Waals surface area contributed by atoms with Gasteiger partial charge in [-0.25, -0.2) is 0 Å². The Morgan fingerprint density at radius 3 is 2.33 bits per heavy atom. The number of carbonyl (C=O) groups is 2. The Balaban J connectivity index is 2.12. The fourth-order valence-electron chi connectivity index (χ4n) is 3.41. The molecule has 0 unspecified atom stereocenters. The van der Waals surface area contributed by atoms with Crippen LogP contribution in [0.25, 0.3) is 0 Å². The van der Waals surface area contributed by atoms with Crippen molar-refractivity contribution in [2.75, 3.05) is 43.0 Å². The summed E-state index contributed by atoms with van der Waals surface area (Å²) in [5.41, 5.74) is 2.35. The molecule has 0 N–H and O–H groups in total. The second-order valence-corrected chi connectivity index (χ2v) is 7.44. The zero-order valence-electron chi connectivity index (χ0n) is 15.9. The van der Waals surface area contributed by atoms with Crippen molar-refractivity contribution >= 4 is 39.1 Å². The molecular formula is C21H24BrN3O2. The molecule has 142 valence electrons. The molecule has 0 spiro atoms. The molecule has 0 saturated heterocycles. The molecule has 5 nitrogen and oxygen atoms in total. The fraction of sp³-hybridized carbons (Fsp3) is 0.333. The molecule has 2 aromatic rings. The molecule has 3 rings (SSSR count). The van der Waals surface area contributed by atoms with E-state index in [1.807, 2.05) is 30.3 Å². The number of halogens is 1. The summed E-state index contributed by atoms with van der Waals surface area (Å²) in [6.07, 6.45) is 0. The van der Waals surface area contributed by atoms with E-state index in [0.717, 1.165) is 24.1 Å². The van der Waals surface area contributed by atoms with Gasteiger partial charge in [0.05, 0.1) is 22.5 Å². The van der Waals surface area contributed by atoms with Crippen molar-refractivity contribution in [2.45, 2.75) is 13.8 Å². The molecule has 0 radical (unpaired) electrons. The number of anilines is 2. The number of nitrogens with zero attached hydrogens (tertiary/aromatic N) is 3. The molecule has 1 aliphatic rings. The van der Waals surface area contributed by atoms with Gasteiger partial charge in [0.2, 0.25) is 0 Å². The van der Waals surface area contributed by atoms with Crippen LogP contribution in [-0.4, -0.2) is 49.9 Å². The van der Waals surface area contributed by atoms with Crippen LogP contribution in [0.1, 0.15) is 34.6 Å². The number of para-hydroxylation sites is 1. The summed E-state index contributed by atoms with van der Waals surface area (Å²) >= 11 is 3.45. The van der Waals surface area contributed by atoms with E-state index < -0.39 is 0 Å². The minimum absolute atomic E-state index is 0.0827. The minimum atomic E-state index is -0.126. The predicted octanol–water partition coefficient (Wildman–Crippen LogP) is 4.03. The lowest BCUT2D eigenvalue weighted by molar-refractivity contribution is 0.0975. The molecule has 0 bridgehead atoms. The zero-order valence-corrected chi connectivity index (χ0v) is 17.5. The van der Waals surface area contributed by atoms with E-state index in [2.05, 4.69) is 34.7 Å². The van der Waals surface area contributed by atoms with Crippen molar-refractivity contribution in [3.8, 4) is 0 Å². The van der Waals surface area contributed by atoms with Gasteiger partial charge in [-0.3, -0.25) is 9.59 Å². The Bertz CT molecular complexity index is 864. The quantitative estimate of drug-likeness (QED) is 0.720. The average Bonchev–Trinajstić information content (AvgIpc) is 2.69. The topological polar surface area (TPSA) is 43.9 Å². The highest BCUT2D eigenvalue weighted by atomic mass is 79.9. The van der Waals surface area contributed by atoms with Gasteiger partial charge in [0, 0.05) is 24.6 Å². The molecule has 0 aromatic heterocycles. The van der Waals surface area contributed by atoms with E-state index in [1.165, 1.54) is 0 Å². The lowest BCUT2D eigenvalue weighted by Crippen LogP contribution is -2.42. The van der Waals surface area contributed by atoms with E-state index in [0.29, 0.717) is 29.0 Å². The first-order chi connectivity index (χ1) is 13.0. The average molecular weight is 430 g/mol. The molecule has 0 fully saturated rings. The highest BCUT2D eigenvalue weighted by molar-refractivity contribution is 9.10. The van der Waals surface area contributed by atoms with Crippen LogP contribution in [0.15, 0.2) is 46.9 Å². The standard InChI is InChI=1S/C21H24BrN3O2/c1-4-24(5-2)12-13-25-19-11-10-15(22)14-17(19)20(26)23(3)18-9-7-6-8-16(18)21(25)27/h6-11,14H,4-5,12-13H2,1-3H3. The molecule has 6 heteroatoms. The molecule has 2 amide bonds. The number of benzene rings is 2. The van der Waals surface area contributed by atoms with Gasteiger partial charge < -0.3 is 14.7 Å². The van der Waals surface area contributed by atoms with Gasteiger partial charge in [-0.05, 0) is 43.4 Å². The second-order valence-electron chi connectivity index (χ2n) is 6.53. The fourth-order valence-corrected chi connectivity index (χ4v) is 3.77. The summed E-state index contributed by atoms with van der Waals surface area (Å²) < 4.78 is 0.813. The van der Waals surface area contributed by atoms with Crippen molar-refractivity contribution in [1.82, 2.24) is 4.90 Å². The van der Waals surface area contributed by atoms with E-state index in [-0.39, 0.29) is 11.8 Å². The predicted molar refractivity (Wildman–Crippen MR) is 113 cm³/mol. The highest BCUT2D eigenvalue weighted by Gasteiger charge is 2.31. The number of fused-ring (bicyclic) bond motifs is 2. The van der Waals surface area contributed by atoms with Crippen LogP contribution in [-0.2, 0) is 0 Å². The maximum absolute atomic E-state index is 13.4. The van der Waals surface area contributed by atoms with Crippen LogP contribution < -0.4 is 9.80 Å². The van der Waals surface area contributed by atoms with Gasteiger partial charge in [-0.1, -0.05) is 41.9 Å². The van der Waals surface area contributed by atoms with Crippen molar-refractivity contribution in [2.24, 2.45) is 0 Å². The summed E-state index contributed by atoms with van der Waals surface area (Å²) in [6.45, 7) is 7.34. The molecule has 0 saturated carbocycles. The third-order valence-corrected chi connectivity index (χ3v) is 5.55. The Kier molecular flexibility index (Phi) is 5.97. The smallest absolute Gasteiger partial charge is 0.260 e. The molecule has 1 aliphatic heterocycles. The minimum Gasteiger partial charge on any atom is -0.311 e. The number of amides is 2. The molecule has 1 heterocycles. The van der Waals surface area contributed by atoms with Crippen LogP contribution in [0.3, 0.4) is 0 Å². The molecule has 2 aromatic carbocycles. The van der Waals surface area contributed by atoms with Gasteiger partial charge in [0.1, 0.15) is 0 Å². The molecule has 0 aliphatic carbocycles. The lowest BCUT2D eigenvalue weighted by Gasteiger charge is -2.32. The molecule has 27 heavy (non-hydrogen) atoms. The third-order valence-electron chi connectivity index (χ3n) is 5.06. The van der Waals surface area contributed by atoms with Crippen molar-refractivity contribution in [3.05, 3.63) is 58.1 Å². The van der Waals surface area contributed by atoms with Crippen LogP contribution in [0.4, 0.5) is 11.4 Å². The summed E-state index contributed by atoms with van der Waals surface area (Å²) in [7, 11) is 1.71. The maximum atomic E-state index is 13.4. The van der Waals surface area contributed by atoms with Crippen LogP contribution in [0.5, 0.6) is 0 Å². The van der Waals surface area contributed by atoms with E-state index >= 15 is 0 Å². The third kappa shape index (κ3) is 3.77. The Hall–Kier alpha value is -2.18. The molecule has 0 atom stereocenters. The van der Waals surface area contributed by atoms with Crippen LogP contribution >= 0.6 is 15.9 Å². The Morgan fingerprint density at radius 1 is 0.926 bits per heavy atom. The first kappa shape index (κ1) is 19.6. The number of hydrogen-bond acceptors (Lipinski definition) is 3. The van der Waals surface area contributed by atoms with Gasteiger partial charge in [-0.2, -0.15) is 0 Å². The number of hydrogen-bond donors (Lipinski definition) is 0. The maximum Gasteiger partial charge on any atom is 0.260 e. The monoisotopic (exact) mass is 429 g/mol. The van der Waals surface area contributed by atoms with E-state index in [1.54, 1.807) is 29.0 Å². The largest absolute Gasteiger partial charge is 0.311 e. The van der Waals surface area contributed by atoms with E-state index in [9.17, 15) is 9.59 Å². The molecular weight excluding hydrogens is 406 g/mol. The number of carbonyl (C=O) groups excluding carboxylic acids is 2. The first-order valence-corrected chi connectivity index (χ1v) is 9.98. The van der Waals surface area contributed by atoms with E-state index in [4.69, 9.17) is 0 Å². The highest BCUT2D eigenvalue weighted by Crippen LogP contribution is 2.33. The normalized spacial score (nSPS) is 14.1. The van der Waals surface area contributed by atoms with Gasteiger partial charge in [0.25, 0.3) is 11.8 Å². The zero-order chi connectivity index (χ0) is 19.6. The van der Waals surface area contributed by atoms with Crippen molar-refractivity contribution in [3.63, 3.8) is 0 Å². The van der Waals surface area contributed by atoms with Gasteiger partial charge in [-0.15, -0.1) is 0 Å². The summed E-state index contributed by atoms with van der Waals surface area (Å²) in [6, 6.07) is 12.8. The SMILES string of the molecule is CCN(CC)CCN1C(=O)c2ccccc2N(C)C(=O)c2cc(Br)ccc21. The Labute approximate surface area is 168 Å². The van der Waals surface area contributed by atoms with Crippen LogP contribution in [0, 0.1) is 0 Å². The van der Waals surface area contributed by atoms with Crippen LogP contribution in [0.2, 0.25) is 0 Å². The number of likely N-dealkylation sites (N-methyl/N-ethyl adjacent to an activating group) is 1. The summed E-state index contributed by atoms with van der Waals surface area (Å²) in [4.78, 5) is 32.2. The van der Waals surface area contributed by atoms with Gasteiger partial charge >= 0.3 is 0 Å². The summed E-state index contributed by atoms with van der Waals surface area (Å²) in [5, 5.41) is 0. The lowest BCUT2D eigenvalue weighted by atomic mass is 10.0. The Morgan fingerprint density at radius 2 is 1.63 bits per heavy atom. The number of rotatable bonds is 5. The second kappa shape index (κ2) is 8.23. The van der Waals surface area contributed by atoms with Crippen molar-refractivity contribution in [1.29, 1.82) is 0 Å². The van der Waals surface area contributed by atoms with Crippen molar-refractivity contribution < 1.29 is 9.59 Å². The first-order valence-electron chi connectivity index (χ1n) is 9.18. The van der Waals surface area contributed by atoms with Gasteiger partial charge in [0.15, 0.2) is 0 Å².